The summed E-state index contributed by atoms with van der Waals surface area (Å²) >= 11 is 7.60. The smallest absolute Gasteiger partial charge is 0.231 e. The van der Waals surface area contributed by atoms with Gasteiger partial charge in [-0.1, -0.05) is 23.4 Å². The first-order valence-corrected chi connectivity index (χ1v) is 7.52. The molecule has 2 aromatic rings. The third kappa shape index (κ3) is 3.25. The molecule has 6 nitrogen and oxygen atoms in total. The van der Waals surface area contributed by atoms with Gasteiger partial charge in [0.25, 0.3) is 0 Å². The molecule has 0 radical (unpaired) electrons. The van der Waals surface area contributed by atoms with Crippen molar-refractivity contribution in [1.29, 1.82) is 0 Å². The lowest BCUT2D eigenvalue weighted by atomic mass is 10.1. The summed E-state index contributed by atoms with van der Waals surface area (Å²) in [5, 5.41) is 10.4. The van der Waals surface area contributed by atoms with Crippen molar-refractivity contribution in [2.75, 3.05) is 18.3 Å². The van der Waals surface area contributed by atoms with E-state index in [1.165, 1.54) is 17.8 Å². The molecule has 0 saturated carbocycles. The van der Waals surface area contributed by atoms with Gasteiger partial charge in [0.15, 0.2) is 16.7 Å². The number of benzene rings is 1. The van der Waals surface area contributed by atoms with Crippen molar-refractivity contribution >= 4 is 29.2 Å². The molecule has 0 saturated heterocycles. The molecule has 0 atom stereocenters. The van der Waals surface area contributed by atoms with Crippen LogP contribution >= 0.6 is 23.4 Å². The van der Waals surface area contributed by atoms with Gasteiger partial charge in [-0.2, -0.15) is 4.98 Å². The van der Waals surface area contributed by atoms with Gasteiger partial charge in [-0.3, -0.25) is 0 Å². The van der Waals surface area contributed by atoms with Crippen LogP contribution in [0.4, 0.5) is 5.82 Å². The summed E-state index contributed by atoms with van der Waals surface area (Å²) in [6, 6.07) is 4.94. The zero-order chi connectivity index (χ0) is 14.8. The zero-order valence-corrected chi connectivity index (χ0v) is 12.4. The number of aryl methyl sites for hydroxylation is 1. The Labute approximate surface area is 130 Å². The first-order valence-electron chi connectivity index (χ1n) is 6.16. The molecule has 0 unspecified atom stereocenters. The maximum absolute atomic E-state index is 9.36. The number of fused-ring (bicyclic) bond motifs is 1. The Bertz CT molecular complexity index is 664. The number of anilines is 1. The summed E-state index contributed by atoms with van der Waals surface area (Å²) < 4.78 is 10.6. The zero-order valence-electron chi connectivity index (χ0n) is 10.9. The lowest BCUT2D eigenvalue weighted by Crippen LogP contribution is -1.96. The fourth-order valence-corrected chi connectivity index (χ4v) is 2.98. The highest BCUT2D eigenvalue weighted by molar-refractivity contribution is 7.99. The van der Waals surface area contributed by atoms with E-state index in [0.29, 0.717) is 33.9 Å². The van der Waals surface area contributed by atoms with E-state index in [4.69, 9.17) is 26.8 Å². The van der Waals surface area contributed by atoms with Crippen LogP contribution in [0.1, 0.15) is 5.56 Å². The van der Waals surface area contributed by atoms with Crippen LogP contribution in [0.15, 0.2) is 23.4 Å². The van der Waals surface area contributed by atoms with Crippen LogP contribution in [0.3, 0.4) is 0 Å². The van der Waals surface area contributed by atoms with Gasteiger partial charge >= 0.3 is 0 Å². The molecule has 0 amide bonds. The highest BCUT2D eigenvalue weighted by Gasteiger charge is 2.16. The van der Waals surface area contributed by atoms with Crippen LogP contribution in [0, 0.1) is 0 Å². The Morgan fingerprint density at radius 2 is 2.00 bits per heavy atom. The minimum atomic E-state index is -0.133. The largest absolute Gasteiger partial charge is 0.493 e. The van der Waals surface area contributed by atoms with Gasteiger partial charge in [-0.05, 0) is 18.1 Å². The molecule has 0 spiro atoms. The number of ether oxygens (including phenoxy) is 2. The highest BCUT2D eigenvalue weighted by atomic mass is 35.5. The average Bonchev–Trinajstić information content (AvgIpc) is 2.84. The summed E-state index contributed by atoms with van der Waals surface area (Å²) in [4.78, 5) is 7.93. The van der Waals surface area contributed by atoms with Crippen LogP contribution in [0.5, 0.6) is 17.4 Å². The number of hydrogen-bond donors (Lipinski definition) is 2. The van der Waals surface area contributed by atoms with Crippen molar-refractivity contribution in [2.24, 2.45) is 0 Å². The van der Waals surface area contributed by atoms with E-state index in [2.05, 4.69) is 9.97 Å². The van der Waals surface area contributed by atoms with Crippen LogP contribution in [-0.4, -0.2) is 27.6 Å². The fourth-order valence-electron chi connectivity index (χ4n) is 1.90. The predicted octanol–water partition coefficient (Wildman–Crippen LogP) is 2.48. The van der Waals surface area contributed by atoms with Crippen LogP contribution in [-0.2, 0) is 6.42 Å². The van der Waals surface area contributed by atoms with E-state index in [-0.39, 0.29) is 18.5 Å². The molecule has 3 N–H and O–H groups in total. The maximum Gasteiger partial charge on any atom is 0.231 e. The van der Waals surface area contributed by atoms with Gasteiger partial charge in [0, 0.05) is 22.9 Å². The average molecular weight is 326 g/mol. The van der Waals surface area contributed by atoms with Gasteiger partial charge in [-0.25, -0.2) is 4.98 Å². The maximum atomic E-state index is 9.36. The monoisotopic (exact) mass is 325 g/mol. The fraction of sp³-hybridized carbons (Fsp3) is 0.231. The van der Waals surface area contributed by atoms with Crippen LogP contribution in [0.2, 0.25) is 5.02 Å². The molecule has 0 fully saturated rings. The molecule has 1 aliphatic rings. The SMILES string of the molecule is Nc1cc(O)nc(SCCc2cc3c(cc2Cl)OCO3)n1. The lowest BCUT2D eigenvalue weighted by Gasteiger charge is -2.06. The normalized spacial score (nSPS) is 12.6. The van der Waals surface area contributed by atoms with E-state index in [1.807, 2.05) is 6.07 Å². The number of thioether (sulfide) groups is 1. The second-order valence-corrected chi connectivity index (χ2v) is 5.80. The van der Waals surface area contributed by atoms with Gasteiger partial charge < -0.3 is 20.3 Å². The molecule has 2 heterocycles. The summed E-state index contributed by atoms with van der Waals surface area (Å²) in [6.45, 7) is 0.222. The lowest BCUT2D eigenvalue weighted by molar-refractivity contribution is 0.174. The first-order chi connectivity index (χ1) is 10.1. The Morgan fingerprint density at radius 1 is 1.24 bits per heavy atom. The second-order valence-electron chi connectivity index (χ2n) is 4.33. The van der Waals surface area contributed by atoms with Crippen LogP contribution < -0.4 is 15.2 Å². The van der Waals surface area contributed by atoms with E-state index in [0.717, 1.165) is 5.56 Å². The number of halogens is 1. The van der Waals surface area contributed by atoms with Gasteiger partial charge in [0.05, 0.1) is 0 Å². The topological polar surface area (TPSA) is 90.5 Å². The van der Waals surface area contributed by atoms with Crippen molar-refractivity contribution in [3.05, 3.63) is 28.8 Å². The quantitative estimate of drug-likeness (QED) is 0.659. The molecule has 1 aromatic carbocycles. The van der Waals surface area contributed by atoms with Crippen molar-refractivity contribution in [1.82, 2.24) is 9.97 Å². The molecule has 0 aliphatic carbocycles. The summed E-state index contributed by atoms with van der Waals surface area (Å²) in [5.41, 5.74) is 6.51. The molecule has 0 bridgehead atoms. The Hall–Kier alpha value is -1.86. The molecule has 8 heteroatoms. The predicted molar refractivity (Wildman–Crippen MR) is 80.1 cm³/mol. The van der Waals surface area contributed by atoms with E-state index < -0.39 is 0 Å². The molecule has 1 aliphatic heterocycles. The standard InChI is InChI=1S/C13H12ClN3O3S/c14-8-4-10-9(19-6-20-10)3-7(8)1-2-21-13-16-11(15)5-12(18)17-13/h3-5H,1-2,6H2,(H3,15,16,17,18). The number of aromatic hydroxyl groups is 1. The molecule has 1 aromatic heterocycles. The van der Waals surface area contributed by atoms with Crippen molar-refractivity contribution in [2.45, 2.75) is 11.6 Å². The molecule has 21 heavy (non-hydrogen) atoms. The van der Waals surface area contributed by atoms with Crippen LogP contribution in [0.25, 0.3) is 0 Å². The Morgan fingerprint density at radius 3 is 2.76 bits per heavy atom. The number of nitrogens with two attached hydrogens (primary N) is 1. The minimum Gasteiger partial charge on any atom is -0.493 e. The highest BCUT2D eigenvalue weighted by Crippen LogP contribution is 2.37. The molecular weight excluding hydrogens is 314 g/mol. The van der Waals surface area contributed by atoms with Gasteiger partial charge in [0.1, 0.15) is 5.82 Å². The second kappa shape index (κ2) is 5.87. The van der Waals surface area contributed by atoms with Gasteiger partial charge in [-0.15, -0.1) is 0 Å². The van der Waals surface area contributed by atoms with Crippen molar-refractivity contribution in [3.8, 4) is 17.4 Å². The number of nitrogens with zero attached hydrogens (tertiary/aromatic N) is 2. The molecule has 110 valence electrons. The molecule has 3 rings (SSSR count). The van der Waals surface area contributed by atoms with E-state index >= 15 is 0 Å². The number of aromatic nitrogens is 2. The Balaban J connectivity index is 1.65. The third-order valence-electron chi connectivity index (χ3n) is 2.86. The van der Waals surface area contributed by atoms with Crippen molar-refractivity contribution in [3.63, 3.8) is 0 Å². The number of rotatable bonds is 4. The number of hydrogen-bond acceptors (Lipinski definition) is 7. The minimum absolute atomic E-state index is 0.133. The first kappa shape index (κ1) is 14.1. The summed E-state index contributed by atoms with van der Waals surface area (Å²) in [6.07, 6.45) is 0.707. The van der Waals surface area contributed by atoms with E-state index in [9.17, 15) is 5.11 Å². The molecular formula is C13H12ClN3O3S. The summed E-state index contributed by atoms with van der Waals surface area (Å²) in [5.74, 6) is 2.18. The summed E-state index contributed by atoms with van der Waals surface area (Å²) in [7, 11) is 0. The third-order valence-corrected chi connectivity index (χ3v) is 4.06. The van der Waals surface area contributed by atoms with Crippen molar-refractivity contribution < 1.29 is 14.6 Å². The van der Waals surface area contributed by atoms with E-state index in [1.54, 1.807) is 6.07 Å². The van der Waals surface area contributed by atoms with Gasteiger partial charge in [0.2, 0.25) is 12.7 Å². The Kier molecular flexibility index (Phi) is 3.94. The number of nitrogen functional groups attached to an aromatic ring is 1.